The third-order valence-electron chi connectivity index (χ3n) is 4.72. The summed E-state index contributed by atoms with van der Waals surface area (Å²) in [4.78, 5) is 0. The first kappa shape index (κ1) is 12.8. The lowest BCUT2D eigenvalue weighted by Gasteiger charge is -2.36. The minimum absolute atomic E-state index is 0.491. The van der Waals surface area contributed by atoms with Gasteiger partial charge in [-0.2, -0.15) is 11.8 Å². The van der Waals surface area contributed by atoms with E-state index in [1.807, 2.05) is 0 Å². The van der Waals surface area contributed by atoms with Crippen LogP contribution in [0.15, 0.2) is 0 Å². The van der Waals surface area contributed by atoms with Crippen molar-refractivity contribution < 1.29 is 0 Å². The molecule has 0 aromatic heterocycles. The first-order chi connectivity index (χ1) is 7.73. The first-order valence-corrected chi connectivity index (χ1v) is 8.21. The predicted molar refractivity (Wildman–Crippen MR) is 74.1 cm³/mol. The standard InChI is InChI=1S/C14H27NS/c1-12(2)14(7-3-9-15-14)8-4-13-5-10-16-11-6-13/h12-13,15H,3-11H2,1-2H3. The maximum Gasteiger partial charge on any atom is 0.0205 e. The fourth-order valence-electron chi connectivity index (χ4n) is 3.32. The summed E-state index contributed by atoms with van der Waals surface area (Å²) in [6, 6.07) is 0. The maximum absolute atomic E-state index is 3.80. The van der Waals surface area contributed by atoms with Gasteiger partial charge in [0.25, 0.3) is 0 Å². The molecule has 1 atom stereocenters. The molecule has 2 aliphatic heterocycles. The Morgan fingerprint density at radius 1 is 1.31 bits per heavy atom. The molecule has 0 saturated carbocycles. The van der Waals surface area contributed by atoms with Crippen molar-refractivity contribution in [3.8, 4) is 0 Å². The second-order valence-electron chi connectivity index (χ2n) is 5.94. The molecule has 0 radical (unpaired) electrons. The number of rotatable bonds is 4. The van der Waals surface area contributed by atoms with Gasteiger partial charge >= 0.3 is 0 Å². The fraction of sp³-hybridized carbons (Fsp3) is 1.00. The highest BCUT2D eigenvalue weighted by molar-refractivity contribution is 7.99. The topological polar surface area (TPSA) is 12.0 Å². The van der Waals surface area contributed by atoms with Gasteiger partial charge in [-0.15, -0.1) is 0 Å². The van der Waals surface area contributed by atoms with Gasteiger partial charge in [0, 0.05) is 5.54 Å². The van der Waals surface area contributed by atoms with Crippen LogP contribution in [0.1, 0.15) is 52.4 Å². The van der Waals surface area contributed by atoms with Crippen LogP contribution in [0.2, 0.25) is 0 Å². The van der Waals surface area contributed by atoms with E-state index in [9.17, 15) is 0 Å². The Bertz CT molecular complexity index is 203. The average Bonchev–Trinajstić information content (AvgIpc) is 2.78. The lowest BCUT2D eigenvalue weighted by molar-refractivity contribution is 0.227. The van der Waals surface area contributed by atoms with E-state index in [1.54, 1.807) is 0 Å². The zero-order chi connectivity index (χ0) is 11.4. The van der Waals surface area contributed by atoms with Crippen LogP contribution in [0.3, 0.4) is 0 Å². The third kappa shape index (κ3) is 2.95. The highest BCUT2D eigenvalue weighted by Gasteiger charge is 2.36. The molecule has 0 amide bonds. The van der Waals surface area contributed by atoms with Crippen LogP contribution in [-0.2, 0) is 0 Å². The van der Waals surface area contributed by atoms with Crippen LogP contribution < -0.4 is 5.32 Å². The SMILES string of the molecule is CC(C)C1(CCC2CCSCC2)CCCN1. The maximum atomic E-state index is 3.80. The highest BCUT2D eigenvalue weighted by Crippen LogP contribution is 2.35. The van der Waals surface area contributed by atoms with Crippen molar-refractivity contribution in [3.05, 3.63) is 0 Å². The molecule has 2 saturated heterocycles. The summed E-state index contributed by atoms with van der Waals surface area (Å²) in [6.07, 6.45) is 8.62. The van der Waals surface area contributed by atoms with Gasteiger partial charge in [0.15, 0.2) is 0 Å². The molecular formula is C14H27NS. The Hall–Kier alpha value is 0.310. The molecule has 2 heteroatoms. The van der Waals surface area contributed by atoms with Crippen molar-refractivity contribution >= 4 is 11.8 Å². The van der Waals surface area contributed by atoms with Gasteiger partial charge in [0.05, 0.1) is 0 Å². The van der Waals surface area contributed by atoms with Gasteiger partial charge in [0.2, 0.25) is 0 Å². The second kappa shape index (κ2) is 5.77. The average molecular weight is 241 g/mol. The number of thioether (sulfide) groups is 1. The number of nitrogens with one attached hydrogen (secondary N) is 1. The third-order valence-corrected chi connectivity index (χ3v) is 5.77. The van der Waals surface area contributed by atoms with Gasteiger partial charge in [-0.3, -0.25) is 0 Å². The van der Waals surface area contributed by atoms with Crippen LogP contribution in [0.4, 0.5) is 0 Å². The molecule has 2 aliphatic rings. The van der Waals surface area contributed by atoms with Crippen molar-refractivity contribution in [2.24, 2.45) is 11.8 Å². The minimum atomic E-state index is 0.491. The van der Waals surface area contributed by atoms with Gasteiger partial charge in [-0.05, 0) is 68.4 Å². The Balaban J connectivity index is 1.81. The monoisotopic (exact) mass is 241 g/mol. The van der Waals surface area contributed by atoms with Gasteiger partial charge < -0.3 is 5.32 Å². The van der Waals surface area contributed by atoms with Crippen LogP contribution in [0, 0.1) is 11.8 Å². The molecular weight excluding hydrogens is 214 g/mol. The normalized spacial score (nSPS) is 32.4. The summed E-state index contributed by atoms with van der Waals surface area (Å²) >= 11 is 2.15. The molecule has 1 unspecified atom stereocenters. The second-order valence-corrected chi connectivity index (χ2v) is 7.16. The van der Waals surface area contributed by atoms with E-state index in [-0.39, 0.29) is 0 Å². The molecule has 2 fully saturated rings. The molecule has 16 heavy (non-hydrogen) atoms. The summed E-state index contributed by atoms with van der Waals surface area (Å²) in [5.74, 6) is 4.65. The molecule has 2 heterocycles. The summed E-state index contributed by atoms with van der Waals surface area (Å²) in [7, 11) is 0. The number of hydrogen-bond acceptors (Lipinski definition) is 2. The molecule has 0 aromatic carbocycles. The van der Waals surface area contributed by atoms with Crippen LogP contribution in [0.5, 0.6) is 0 Å². The van der Waals surface area contributed by atoms with Gasteiger partial charge in [-0.1, -0.05) is 13.8 Å². The molecule has 1 N–H and O–H groups in total. The summed E-state index contributed by atoms with van der Waals surface area (Å²) in [6.45, 7) is 6.04. The van der Waals surface area contributed by atoms with Gasteiger partial charge in [-0.25, -0.2) is 0 Å². The van der Waals surface area contributed by atoms with E-state index in [0.29, 0.717) is 5.54 Å². The summed E-state index contributed by atoms with van der Waals surface area (Å²) < 4.78 is 0. The number of hydrogen-bond donors (Lipinski definition) is 1. The van der Waals surface area contributed by atoms with E-state index in [1.165, 1.54) is 56.6 Å². The minimum Gasteiger partial charge on any atom is -0.311 e. The first-order valence-electron chi connectivity index (χ1n) is 7.06. The van der Waals surface area contributed by atoms with Crippen molar-refractivity contribution in [1.29, 1.82) is 0 Å². The van der Waals surface area contributed by atoms with E-state index in [0.717, 1.165) is 11.8 Å². The smallest absolute Gasteiger partial charge is 0.0205 e. The van der Waals surface area contributed by atoms with Gasteiger partial charge in [0.1, 0.15) is 0 Å². The summed E-state index contributed by atoms with van der Waals surface area (Å²) in [5.41, 5.74) is 0.491. The van der Waals surface area contributed by atoms with E-state index < -0.39 is 0 Å². The van der Waals surface area contributed by atoms with Crippen molar-refractivity contribution in [2.75, 3.05) is 18.1 Å². The van der Waals surface area contributed by atoms with Crippen molar-refractivity contribution in [1.82, 2.24) is 5.32 Å². The Kier molecular flexibility index (Phi) is 4.60. The molecule has 0 spiro atoms. The molecule has 0 aromatic rings. The summed E-state index contributed by atoms with van der Waals surface area (Å²) in [5, 5.41) is 3.80. The van der Waals surface area contributed by atoms with Crippen LogP contribution in [-0.4, -0.2) is 23.6 Å². The molecule has 94 valence electrons. The quantitative estimate of drug-likeness (QED) is 0.805. The molecule has 0 bridgehead atoms. The highest BCUT2D eigenvalue weighted by atomic mass is 32.2. The lowest BCUT2D eigenvalue weighted by atomic mass is 9.78. The largest absolute Gasteiger partial charge is 0.311 e. The zero-order valence-electron chi connectivity index (χ0n) is 10.9. The zero-order valence-corrected chi connectivity index (χ0v) is 11.7. The predicted octanol–water partition coefficient (Wildman–Crippen LogP) is 3.69. The molecule has 1 nitrogen and oxygen atoms in total. The Labute approximate surface area is 105 Å². The Morgan fingerprint density at radius 2 is 2.06 bits per heavy atom. The van der Waals surface area contributed by atoms with Crippen LogP contribution >= 0.6 is 11.8 Å². The van der Waals surface area contributed by atoms with E-state index in [2.05, 4.69) is 30.9 Å². The van der Waals surface area contributed by atoms with E-state index in [4.69, 9.17) is 0 Å². The Morgan fingerprint density at radius 3 is 2.62 bits per heavy atom. The van der Waals surface area contributed by atoms with E-state index >= 15 is 0 Å². The van der Waals surface area contributed by atoms with Crippen molar-refractivity contribution in [3.63, 3.8) is 0 Å². The molecule has 2 rings (SSSR count). The van der Waals surface area contributed by atoms with Crippen molar-refractivity contribution in [2.45, 2.75) is 57.9 Å². The lowest BCUT2D eigenvalue weighted by Crippen LogP contribution is -2.45. The van der Waals surface area contributed by atoms with Crippen LogP contribution in [0.25, 0.3) is 0 Å². The fourth-order valence-corrected chi connectivity index (χ4v) is 4.53. The molecule has 0 aliphatic carbocycles.